The molecule has 0 bridgehead atoms. The molecule has 1 atom stereocenters. The standard InChI is InChI=1S/C13H19FN2O2S2/c1-9-5-12(6-10(7-15-2)13(9)14)20(17,18)16-11-3-4-19-8-11/h5-6,11,15-16H,3-4,7-8H2,1-2H3. The van der Waals surface area contributed by atoms with Gasteiger partial charge in [-0.25, -0.2) is 17.5 Å². The Kier molecular flexibility index (Phi) is 5.06. The summed E-state index contributed by atoms with van der Waals surface area (Å²) in [6.45, 7) is 1.88. The SMILES string of the molecule is CNCc1cc(S(=O)(=O)NC2CCSC2)cc(C)c1F. The highest BCUT2D eigenvalue weighted by molar-refractivity contribution is 7.99. The van der Waals surface area contributed by atoms with Gasteiger partial charge in [0.25, 0.3) is 0 Å². The zero-order chi connectivity index (χ0) is 14.8. The highest BCUT2D eigenvalue weighted by Crippen LogP contribution is 2.22. The summed E-state index contributed by atoms with van der Waals surface area (Å²) in [5.74, 6) is 1.42. The fourth-order valence-electron chi connectivity index (χ4n) is 2.20. The molecule has 1 aliphatic heterocycles. The van der Waals surface area contributed by atoms with Gasteiger partial charge in [0.15, 0.2) is 0 Å². The van der Waals surface area contributed by atoms with E-state index in [1.165, 1.54) is 12.1 Å². The summed E-state index contributed by atoms with van der Waals surface area (Å²) < 4.78 is 41.3. The molecule has 0 aliphatic carbocycles. The Hall–Kier alpha value is -0.630. The number of thioether (sulfide) groups is 1. The van der Waals surface area contributed by atoms with Gasteiger partial charge < -0.3 is 5.32 Å². The Morgan fingerprint density at radius 2 is 2.20 bits per heavy atom. The van der Waals surface area contributed by atoms with E-state index >= 15 is 0 Å². The van der Waals surface area contributed by atoms with Crippen molar-refractivity contribution in [3.05, 3.63) is 29.1 Å². The lowest BCUT2D eigenvalue weighted by Gasteiger charge is -2.14. The van der Waals surface area contributed by atoms with Crippen LogP contribution in [0.15, 0.2) is 17.0 Å². The van der Waals surface area contributed by atoms with Crippen molar-refractivity contribution in [2.75, 3.05) is 18.6 Å². The number of rotatable bonds is 5. The highest BCUT2D eigenvalue weighted by atomic mass is 32.2. The maximum absolute atomic E-state index is 13.9. The van der Waals surface area contributed by atoms with E-state index in [2.05, 4.69) is 10.0 Å². The van der Waals surface area contributed by atoms with Crippen LogP contribution in [-0.2, 0) is 16.6 Å². The first-order chi connectivity index (χ1) is 9.44. The molecule has 112 valence electrons. The van der Waals surface area contributed by atoms with Crippen molar-refractivity contribution in [1.82, 2.24) is 10.0 Å². The minimum absolute atomic E-state index is 0.0249. The summed E-state index contributed by atoms with van der Waals surface area (Å²) in [5.41, 5.74) is 0.715. The van der Waals surface area contributed by atoms with Crippen LogP contribution >= 0.6 is 11.8 Å². The molecule has 0 amide bonds. The minimum Gasteiger partial charge on any atom is -0.316 e. The van der Waals surface area contributed by atoms with Crippen molar-refractivity contribution in [2.45, 2.75) is 30.8 Å². The lowest BCUT2D eigenvalue weighted by atomic mass is 10.1. The molecular weight excluding hydrogens is 299 g/mol. The lowest BCUT2D eigenvalue weighted by Crippen LogP contribution is -2.34. The zero-order valence-corrected chi connectivity index (χ0v) is 13.2. The molecule has 0 radical (unpaired) electrons. The van der Waals surface area contributed by atoms with E-state index in [0.717, 1.165) is 17.9 Å². The van der Waals surface area contributed by atoms with Gasteiger partial charge in [-0.2, -0.15) is 11.8 Å². The number of aryl methyl sites for hydroxylation is 1. The van der Waals surface area contributed by atoms with Crippen molar-refractivity contribution in [2.24, 2.45) is 0 Å². The second-order valence-corrected chi connectivity index (χ2v) is 7.79. The maximum Gasteiger partial charge on any atom is 0.240 e. The first kappa shape index (κ1) is 15.8. The lowest BCUT2D eigenvalue weighted by molar-refractivity contribution is 0.560. The van der Waals surface area contributed by atoms with Gasteiger partial charge in [-0.1, -0.05) is 0 Å². The average Bonchev–Trinajstić information content (AvgIpc) is 2.87. The monoisotopic (exact) mass is 318 g/mol. The Bertz CT molecular complexity index is 584. The van der Waals surface area contributed by atoms with Gasteiger partial charge >= 0.3 is 0 Å². The topological polar surface area (TPSA) is 58.2 Å². The third-order valence-corrected chi connectivity index (χ3v) is 5.89. The van der Waals surface area contributed by atoms with E-state index in [9.17, 15) is 12.8 Å². The summed E-state index contributed by atoms with van der Waals surface area (Å²) >= 11 is 1.74. The van der Waals surface area contributed by atoms with Crippen LogP contribution in [0.5, 0.6) is 0 Å². The molecule has 1 aromatic rings. The van der Waals surface area contributed by atoms with Crippen LogP contribution in [0.25, 0.3) is 0 Å². The predicted molar refractivity (Wildman–Crippen MR) is 80.0 cm³/mol. The first-order valence-electron chi connectivity index (χ1n) is 6.47. The molecule has 1 aliphatic rings. The van der Waals surface area contributed by atoms with Crippen molar-refractivity contribution in [3.63, 3.8) is 0 Å². The van der Waals surface area contributed by atoms with Gasteiger partial charge in [-0.05, 0) is 43.8 Å². The van der Waals surface area contributed by atoms with Crippen LogP contribution in [0, 0.1) is 12.7 Å². The van der Waals surface area contributed by atoms with E-state index in [-0.39, 0.29) is 16.8 Å². The van der Waals surface area contributed by atoms with Gasteiger partial charge in [0.1, 0.15) is 5.82 Å². The van der Waals surface area contributed by atoms with E-state index < -0.39 is 10.0 Å². The van der Waals surface area contributed by atoms with Gasteiger partial charge in [0.05, 0.1) is 4.90 Å². The van der Waals surface area contributed by atoms with Gasteiger partial charge in [0.2, 0.25) is 10.0 Å². The average molecular weight is 318 g/mol. The van der Waals surface area contributed by atoms with Crippen molar-refractivity contribution in [3.8, 4) is 0 Å². The van der Waals surface area contributed by atoms with Crippen LogP contribution < -0.4 is 10.0 Å². The summed E-state index contributed by atoms with van der Waals surface area (Å²) in [4.78, 5) is 0.138. The number of sulfonamides is 1. The molecule has 1 fully saturated rings. The number of nitrogens with one attached hydrogen (secondary N) is 2. The molecule has 2 rings (SSSR count). The second kappa shape index (κ2) is 6.43. The number of halogens is 1. The molecule has 0 aromatic heterocycles. The third kappa shape index (κ3) is 3.52. The first-order valence-corrected chi connectivity index (χ1v) is 9.11. The zero-order valence-electron chi connectivity index (χ0n) is 11.6. The third-order valence-electron chi connectivity index (χ3n) is 3.23. The highest BCUT2D eigenvalue weighted by Gasteiger charge is 2.24. The molecule has 1 saturated heterocycles. The summed E-state index contributed by atoms with van der Waals surface area (Å²) in [5, 5.41) is 2.85. The number of hydrogen-bond acceptors (Lipinski definition) is 4. The van der Waals surface area contributed by atoms with Crippen molar-refractivity contribution < 1.29 is 12.8 Å². The predicted octanol–water partition coefficient (Wildman–Crippen LogP) is 1.64. The van der Waals surface area contributed by atoms with Crippen molar-refractivity contribution in [1.29, 1.82) is 0 Å². The normalized spacial score (nSPS) is 19.4. The molecule has 1 heterocycles. The van der Waals surface area contributed by atoms with Gasteiger partial charge in [-0.15, -0.1) is 0 Å². The molecule has 20 heavy (non-hydrogen) atoms. The molecular formula is C13H19FN2O2S2. The van der Waals surface area contributed by atoms with Crippen LogP contribution in [-0.4, -0.2) is 33.0 Å². The summed E-state index contributed by atoms with van der Waals surface area (Å²) in [7, 11) is -1.88. The quantitative estimate of drug-likeness (QED) is 0.866. The largest absolute Gasteiger partial charge is 0.316 e. The van der Waals surface area contributed by atoms with Crippen LogP contribution in [0.3, 0.4) is 0 Å². The molecule has 7 heteroatoms. The van der Waals surface area contributed by atoms with Crippen molar-refractivity contribution >= 4 is 21.8 Å². The van der Waals surface area contributed by atoms with E-state index in [0.29, 0.717) is 17.7 Å². The molecule has 1 unspecified atom stereocenters. The Morgan fingerprint density at radius 1 is 1.45 bits per heavy atom. The van der Waals surface area contributed by atoms with E-state index in [4.69, 9.17) is 0 Å². The fraction of sp³-hybridized carbons (Fsp3) is 0.538. The molecule has 4 nitrogen and oxygen atoms in total. The Balaban J connectivity index is 2.30. The minimum atomic E-state index is -3.58. The number of hydrogen-bond donors (Lipinski definition) is 2. The van der Waals surface area contributed by atoms with Gasteiger partial charge in [-0.3, -0.25) is 0 Å². The molecule has 2 N–H and O–H groups in total. The molecule has 0 spiro atoms. The molecule has 0 saturated carbocycles. The summed E-state index contributed by atoms with van der Waals surface area (Å²) in [6.07, 6.45) is 0.841. The van der Waals surface area contributed by atoms with E-state index in [1.807, 2.05) is 0 Å². The van der Waals surface area contributed by atoms with Crippen LogP contribution in [0.2, 0.25) is 0 Å². The van der Waals surface area contributed by atoms with Crippen LogP contribution in [0.1, 0.15) is 17.5 Å². The Morgan fingerprint density at radius 3 is 2.80 bits per heavy atom. The number of benzene rings is 1. The van der Waals surface area contributed by atoms with Crippen LogP contribution in [0.4, 0.5) is 4.39 Å². The smallest absolute Gasteiger partial charge is 0.240 e. The van der Waals surface area contributed by atoms with Gasteiger partial charge in [0, 0.05) is 23.9 Å². The fourth-order valence-corrected chi connectivity index (χ4v) is 4.86. The Labute approximate surface area is 123 Å². The van der Waals surface area contributed by atoms with E-state index in [1.54, 1.807) is 25.7 Å². The second-order valence-electron chi connectivity index (χ2n) is 4.93. The summed E-state index contributed by atoms with van der Waals surface area (Å²) in [6, 6.07) is 2.77. The maximum atomic E-state index is 13.9. The molecule has 1 aromatic carbocycles.